The van der Waals surface area contributed by atoms with Gasteiger partial charge >= 0.3 is 5.69 Å². The third kappa shape index (κ3) is 4.75. The maximum Gasteiger partial charge on any atom is 0.337 e. The van der Waals surface area contributed by atoms with Gasteiger partial charge in [-0.15, -0.1) is 0 Å². The number of hydrogen-bond acceptors (Lipinski definition) is 5. The predicted molar refractivity (Wildman–Crippen MR) is 153 cm³/mol. The molecule has 1 aliphatic carbocycles. The number of imidazole rings is 1. The summed E-state index contributed by atoms with van der Waals surface area (Å²) in [4.78, 5) is 49.0. The number of benzene rings is 1. The Morgan fingerprint density at radius 1 is 1.08 bits per heavy atom. The van der Waals surface area contributed by atoms with Gasteiger partial charge in [-0.25, -0.2) is 23.7 Å². The number of carbonyl (C=O) groups excluding carboxylic acids is 1. The molecule has 39 heavy (non-hydrogen) atoms. The van der Waals surface area contributed by atoms with Crippen LogP contribution in [0.2, 0.25) is 0 Å². The zero-order valence-electron chi connectivity index (χ0n) is 21.0. The maximum absolute atomic E-state index is 13.8. The number of nitrogens with one attached hydrogen (secondary N) is 1. The second-order valence-corrected chi connectivity index (χ2v) is 11.1. The molecule has 0 saturated heterocycles. The van der Waals surface area contributed by atoms with Crippen LogP contribution in [0.25, 0.3) is 22.4 Å². The average molecular weight is 638 g/mol. The molecule has 0 atom stereocenters. The first-order chi connectivity index (χ1) is 18.8. The van der Waals surface area contributed by atoms with Gasteiger partial charge in [-0.05, 0) is 97.2 Å². The van der Waals surface area contributed by atoms with Gasteiger partial charge in [0.1, 0.15) is 17.2 Å². The van der Waals surface area contributed by atoms with E-state index in [0.29, 0.717) is 48.1 Å². The lowest BCUT2D eigenvalue weighted by atomic mass is 9.90. The lowest BCUT2D eigenvalue weighted by Crippen LogP contribution is -2.45. The van der Waals surface area contributed by atoms with Gasteiger partial charge in [-0.1, -0.05) is 6.07 Å². The number of aryl methyl sites for hydroxylation is 1. The molecule has 5 aromatic rings. The number of rotatable bonds is 4. The van der Waals surface area contributed by atoms with Crippen LogP contribution >= 0.6 is 22.6 Å². The van der Waals surface area contributed by atoms with Crippen LogP contribution in [-0.2, 0) is 0 Å². The van der Waals surface area contributed by atoms with Crippen LogP contribution in [-0.4, -0.2) is 35.5 Å². The predicted octanol–water partition coefficient (Wildman–Crippen LogP) is 4.16. The standard InChI is InChI=1S/C28H24FIN6O3/c1-16-11-22-25(31-13-16)35(21-4-2-3-18(30)12-21)28(39)36(27(22)38)20-8-6-19(7-9-20)32-26(37)23-15-34-14-17(29)5-10-24(34)33-23/h2-5,10-15,19-20H,6-9H2,1H3,(H,32,37). The molecule has 1 aliphatic rings. The first-order valence-corrected chi connectivity index (χ1v) is 13.7. The zero-order chi connectivity index (χ0) is 27.3. The van der Waals surface area contributed by atoms with Gasteiger partial charge in [0.05, 0.1) is 11.1 Å². The Bertz CT molecular complexity index is 1870. The molecule has 1 saturated carbocycles. The smallest absolute Gasteiger partial charge is 0.337 e. The summed E-state index contributed by atoms with van der Waals surface area (Å²) < 4.78 is 18.8. The minimum atomic E-state index is -0.421. The molecule has 0 spiro atoms. The molecule has 11 heteroatoms. The number of carbonyl (C=O) groups is 1. The van der Waals surface area contributed by atoms with E-state index in [4.69, 9.17) is 0 Å². The fourth-order valence-electron chi connectivity index (χ4n) is 5.29. The topological polar surface area (TPSA) is 103 Å². The van der Waals surface area contributed by atoms with E-state index in [0.717, 1.165) is 9.13 Å². The van der Waals surface area contributed by atoms with Crippen LogP contribution in [0.4, 0.5) is 4.39 Å². The second-order valence-electron chi connectivity index (χ2n) is 9.87. The third-order valence-electron chi connectivity index (χ3n) is 7.17. The summed E-state index contributed by atoms with van der Waals surface area (Å²) in [5.74, 6) is -0.755. The summed E-state index contributed by atoms with van der Waals surface area (Å²) in [5, 5.41) is 3.40. The second kappa shape index (κ2) is 10.0. The molecular formula is C28H24FIN6O3. The molecule has 9 nitrogen and oxygen atoms in total. The molecular weight excluding hydrogens is 614 g/mol. The number of pyridine rings is 2. The summed E-state index contributed by atoms with van der Waals surface area (Å²) in [6.45, 7) is 1.87. The van der Waals surface area contributed by atoms with Gasteiger partial charge in [-0.3, -0.25) is 14.2 Å². The van der Waals surface area contributed by atoms with Crippen LogP contribution < -0.4 is 16.6 Å². The number of nitrogens with zero attached hydrogens (tertiary/aromatic N) is 5. The highest BCUT2D eigenvalue weighted by Gasteiger charge is 2.28. The number of fused-ring (bicyclic) bond motifs is 2. The molecule has 1 aromatic carbocycles. The number of aromatic nitrogens is 5. The zero-order valence-corrected chi connectivity index (χ0v) is 23.1. The first-order valence-electron chi connectivity index (χ1n) is 12.6. The minimum Gasteiger partial charge on any atom is -0.348 e. The highest BCUT2D eigenvalue weighted by atomic mass is 127. The van der Waals surface area contributed by atoms with E-state index in [1.807, 2.05) is 31.2 Å². The first kappa shape index (κ1) is 25.4. The van der Waals surface area contributed by atoms with E-state index in [2.05, 4.69) is 37.9 Å². The van der Waals surface area contributed by atoms with Crippen molar-refractivity contribution in [3.63, 3.8) is 0 Å². The molecule has 4 heterocycles. The number of halogens is 2. The van der Waals surface area contributed by atoms with Crippen molar-refractivity contribution >= 4 is 45.2 Å². The quantitative estimate of drug-likeness (QED) is 0.298. The van der Waals surface area contributed by atoms with Gasteiger partial charge in [-0.2, -0.15) is 0 Å². The van der Waals surface area contributed by atoms with Crippen molar-refractivity contribution in [2.24, 2.45) is 0 Å². The van der Waals surface area contributed by atoms with Crippen molar-refractivity contribution in [3.05, 3.63) is 103 Å². The Kier molecular flexibility index (Phi) is 6.53. The van der Waals surface area contributed by atoms with Crippen molar-refractivity contribution in [3.8, 4) is 5.69 Å². The molecule has 4 aromatic heterocycles. The Balaban J connectivity index is 1.28. The third-order valence-corrected chi connectivity index (χ3v) is 7.84. The van der Waals surface area contributed by atoms with Crippen molar-refractivity contribution in [1.29, 1.82) is 0 Å². The minimum absolute atomic E-state index is 0.131. The molecule has 0 aliphatic heterocycles. The van der Waals surface area contributed by atoms with Gasteiger partial charge in [0, 0.05) is 34.2 Å². The highest BCUT2D eigenvalue weighted by molar-refractivity contribution is 14.1. The van der Waals surface area contributed by atoms with Gasteiger partial charge < -0.3 is 9.72 Å². The Labute approximate surface area is 235 Å². The summed E-state index contributed by atoms with van der Waals surface area (Å²) in [5.41, 5.74) is 1.73. The van der Waals surface area contributed by atoms with Gasteiger partial charge in [0.15, 0.2) is 5.65 Å². The van der Waals surface area contributed by atoms with Crippen LogP contribution in [0.1, 0.15) is 47.8 Å². The van der Waals surface area contributed by atoms with Crippen molar-refractivity contribution in [2.45, 2.75) is 44.7 Å². The van der Waals surface area contributed by atoms with Crippen LogP contribution in [0.5, 0.6) is 0 Å². The van der Waals surface area contributed by atoms with Crippen molar-refractivity contribution < 1.29 is 9.18 Å². The van der Waals surface area contributed by atoms with E-state index < -0.39 is 11.5 Å². The van der Waals surface area contributed by atoms with E-state index in [-0.39, 0.29) is 29.2 Å². The number of amides is 1. The van der Waals surface area contributed by atoms with Gasteiger partial charge in [0.25, 0.3) is 11.5 Å². The summed E-state index contributed by atoms with van der Waals surface area (Å²) >= 11 is 2.19. The fraction of sp³-hybridized carbons (Fsp3) is 0.250. The number of hydrogen-bond donors (Lipinski definition) is 1. The fourth-order valence-corrected chi connectivity index (χ4v) is 5.82. The summed E-state index contributed by atoms with van der Waals surface area (Å²) in [7, 11) is 0. The maximum atomic E-state index is 13.8. The Hall–Kier alpha value is -3.87. The Morgan fingerprint density at radius 3 is 2.64 bits per heavy atom. The van der Waals surface area contributed by atoms with Crippen molar-refractivity contribution in [1.82, 2.24) is 28.8 Å². The van der Waals surface area contributed by atoms with E-state index in [1.165, 1.54) is 38.1 Å². The van der Waals surface area contributed by atoms with Crippen molar-refractivity contribution in [2.75, 3.05) is 0 Å². The molecule has 6 rings (SSSR count). The van der Waals surface area contributed by atoms with E-state index >= 15 is 0 Å². The molecule has 1 fully saturated rings. The van der Waals surface area contributed by atoms with Crippen LogP contribution in [0, 0.1) is 16.3 Å². The molecule has 198 valence electrons. The summed E-state index contributed by atoms with van der Waals surface area (Å²) in [6.07, 6.45) is 6.71. The normalized spacial score (nSPS) is 17.5. The molecule has 0 bridgehead atoms. The van der Waals surface area contributed by atoms with Crippen LogP contribution in [0.15, 0.2) is 70.6 Å². The summed E-state index contributed by atoms with van der Waals surface area (Å²) in [6, 6.07) is 11.7. The average Bonchev–Trinajstić information content (AvgIpc) is 3.34. The highest BCUT2D eigenvalue weighted by Crippen LogP contribution is 2.28. The molecule has 1 amide bonds. The monoisotopic (exact) mass is 638 g/mol. The van der Waals surface area contributed by atoms with E-state index in [1.54, 1.807) is 12.3 Å². The van der Waals surface area contributed by atoms with Gasteiger partial charge in [0.2, 0.25) is 0 Å². The lowest BCUT2D eigenvalue weighted by molar-refractivity contribution is 0.0917. The molecule has 1 N–H and O–H groups in total. The lowest BCUT2D eigenvalue weighted by Gasteiger charge is -2.30. The molecule has 0 radical (unpaired) electrons. The SMILES string of the molecule is Cc1cnc2c(c1)c(=O)n(C1CCC(NC(=O)c3cn4cc(F)ccc4n3)CC1)c(=O)n2-c1cccc(I)c1. The van der Waals surface area contributed by atoms with E-state index in [9.17, 15) is 18.8 Å². The largest absolute Gasteiger partial charge is 0.348 e. The molecule has 0 unspecified atom stereocenters. The van der Waals surface area contributed by atoms with Crippen LogP contribution in [0.3, 0.4) is 0 Å². The Morgan fingerprint density at radius 2 is 1.87 bits per heavy atom.